The lowest BCUT2D eigenvalue weighted by atomic mass is 9.93. The van der Waals surface area contributed by atoms with Crippen molar-refractivity contribution in [1.29, 1.82) is 0 Å². The zero-order valence-electron chi connectivity index (χ0n) is 18.3. The number of hydrogen-bond acceptors (Lipinski definition) is 4. The minimum absolute atomic E-state index is 0.0171. The highest BCUT2D eigenvalue weighted by molar-refractivity contribution is 5.80. The molecule has 3 heterocycles. The van der Waals surface area contributed by atoms with Gasteiger partial charge in [0.25, 0.3) is 0 Å². The Kier molecular flexibility index (Phi) is 7.92. The SMILES string of the molecule is CC(=O)N1CCC(C(=O)N2CCCC(N(CCN3CCCCC3)C(C)=O)C2)CC1. The van der Waals surface area contributed by atoms with Crippen LogP contribution < -0.4 is 0 Å². The Hall–Kier alpha value is -1.63. The van der Waals surface area contributed by atoms with Gasteiger partial charge in [0, 0.05) is 65.1 Å². The summed E-state index contributed by atoms with van der Waals surface area (Å²) in [5, 5.41) is 0. The molecule has 3 rings (SSSR count). The van der Waals surface area contributed by atoms with Gasteiger partial charge in [0.15, 0.2) is 0 Å². The second kappa shape index (κ2) is 10.4. The molecule has 0 saturated carbocycles. The predicted molar refractivity (Wildman–Crippen MR) is 112 cm³/mol. The zero-order valence-corrected chi connectivity index (χ0v) is 18.3. The summed E-state index contributed by atoms with van der Waals surface area (Å²) in [6.07, 6.45) is 7.28. The molecule has 0 aliphatic carbocycles. The molecular formula is C22H38N4O3. The number of nitrogens with zero attached hydrogens (tertiary/aromatic N) is 4. The maximum Gasteiger partial charge on any atom is 0.225 e. The van der Waals surface area contributed by atoms with Crippen LogP contribution in [0.5, 0.6) is 0 Å². The number of rotatable bonds is 5. The van der Waals surface area contributed by atoms with Crippen molar-refractivity contribution in [1.82, 2.24) is 19.6 Å². The van der Waals surface area contributed by atoms with Crippen LogP contribution in [0.1, 0.15) is 58.8 Å². The average molecular weight is 407 g/mol. The van der Waals surface area contributed by atoms with Crippen molar-refractivity contribution in [2.75, 3.05) is 52.4 Å². The second-order valence-corrected chi connectivity index (χ2v) is 8.98. The standard InChI is InChI=1S/C22H38N4O3/c1-18(27)24-13-8-20(9-14-24)22(29)25-12-6-7-21(17-25)26(19(2)28)16-15-23-10-4-3-5-11-23/h20-21H,3-17H2,1-2H3. The molecule has 164 valence electrons. The van der Waals surface area contributed by atoms with Gasteiger partial charge in [0.1, 0.15) is 0 Å². The molecule has 3 aliphatic rings. The summed E-state index contributed by atoms with van der Waals surface area (Å²) in [6, 6.07) is 0.132. The summed E-state index contributed by atoms with van der Waals surface area (Å²) in [5.74, 6) is 0.455. The van der Waals surface area contributed by atoms with Crippen molar-refractivity contribution in [3.8, 4) is 0 Å². The summed E-state index contributed by atoms with van der Waals surface area (Å²) in [7, 11) is 0. The molecule has 0 bridgehead atoms. The Bertz CT molecular complexity index is 583. The highest BCUT2D eigenvalue weighted by atomic mass is 16.2. The van der Waals surface area contributed by atoms with Gasteiger partial charge in [-0.05, 0) is 51.6 Å². The van der Waals surface area contributed by atoms with E-state index in [1.807, 2.05) is 14.7 Å². The number of likely N-dealkylation sites (tertiary alicyclic amines) is 3. The van der Waals surface area contributed by atoms with E-state index in [0.29, 0.717) is 19.6 Å². The van der Waals surface area contributed by atoms with E-state index in [1.165, 1.54) is 19.3 Å². The van der Waals surface area contributed by atoms with E-state index in [2.05, 4.69) is 4.90 Å². The smallest absolute Gasteiger partial charge is 0.225 e. The van der Waals surface area contributed by atoms with Crippen LogP contribution in [-0.4, -0.2) is 95.7 Å². The van der Waals surface area contributed by atoms with Crippen molar-refractivity contribution in [2.24, 2.45) is 5.92 Å². The monoisotopic (exact) mass is 406 g/mol. The normalized spacial score (nSPS) is 24.4. The molecule has 3 saturated heterocycles. The van der Waals surface area contributed by atoms with Crippen LogP contribution in [0.25, 0.3) is 0 Å². The fraction of sp³-hybridized carbons (Fsp3) is 0.864. The Morgan fingerprint density at radius 3 is 2.14 bits per heavy atom. The fourth-order valence-electron chi connectivity index (χ4n) is 5.14. The van der Waals surface area contributed by atoms with Crippen LogP contribution in [0.2, 0.25) is 0 Å². The minimum atomic E-state index is 0.0171. The Morgan fingerprint density at radius 2 is 1.52 bits per heavy atom. The van der Waals surface area contributed by atoms with E-state index in [0.717, 1.165) is 58.4 Å². The average Bonchev–Trinajstić information content (AvgIpc) is 2.74. The third-order valence-electron chi connectivity index (χ3n) is 6.95. The Balaban J connectivity index is 1.52. The van der Waals surface area contributed by atoms with Crippen molar-refractivity contribution in [2.45, 2.75) is 64.8 Å². The minimum Gasteiger partial charge on any atom is -0.343 e. The molecule has 3 aliphatic heterocycles. The fourth-order valence-corrected chi connectivity index (χ4v) is 5.14. The zero-order chi connectivity index (χ0) is 20.8. The van der Waals surface area contributed by atoms with Crippen molar-refractivity contribution >= 4 is 17.7 Å². The third-order valence-corrected chi connectivity index (χ3v) is 6.95. The van der Waals surface area contributed by atoms with Gasteiger partial charge < -0.3 is 19.6 Å². The lowest BCUT2D eigenvalue weighted by molar-refractivity contribution is -0.144. The van der Waals surface area contributed by atoms with Gasteiger partial charge in [-0.2, -0.15) is 0 Å². The summed E-state index contributed by atoms with van der Waals surface area (Å²) < 4.78 is 0. The largest absolute Gasteiger partial charge is 0.343 e. The predicted octanol–water partition coefficient (Wildman–Crippen LogP) is 1.57. The van der Waals surface area contributed by atoms with E-state index in [4.69, 9.17) is 0 Å². The van der Waals surface area contributed by atoms with Gasteiger partial charge in [-0.1, -0.05) is 6.42 Å². The van der Waals surface area contributed by atoms with Crippen LogP contribution in [0.15, 0.2) is 0 Å². The molecule has 7 heteroatoms. The van der Waals surface area contributed by atoms with E-state index in [1.54, 1.807) is 13.8 Å². The summed E-state index contributed by atoms with van der Waals surface area (Å²) in [5.41, 5.74) is 0. The molecule has 0 radical (unpaired) electrons. The highest BCUT2D eigenvalue weighted by Gasteiger charge is 2.34. The van der Waals surface area contributed by atoms with Crippen molar-refractivity contribution in [3.05, 3.63) is 0 Å². The quantitative estimate of drug-likeness (QED) is 0.695. The van der Waals surface area contributed by atoms with Crippen molar-refractivity contribution < 1.29 is 14.4 Å². The maximum absolute atomic E-state index is 13.1. The van der Waals surface area contributed by atoms with Crippen LogP contribution in [-0.2, 0) is 14.4 Å². The Labute approximate surface area is 175 Å². The molecule has 1 atom stereocenters. The molecule has 7 nitrogen and oxygen atoms in total. The van der Waals surface area contributed by atoms with Crippen LogP contribution >= 0.6 is 0 Å². The van der Waals surface area contributed by atoms with Crippen LogP contribution in [0.4, 0.5) is 0 Å². The maximum atomic E-state index is 13.1. The van der Waals surface area contributed by atoms with Gasteiger partial charge in [-0.25, -0.2) is 0 Å². The molecule has 1 unspecified atom stereocenters. The highest BCUT2D eigenvalue weighted by Crippen LogP contribution is 2.24. The first-order valence-corrected chi connectivity index (χ1v) is 11.5. The molecule has 3 fully saturated rings. The number of carbonyl (C=O) groups is 3. The van der Waals surface area contributed by atoms with Gasteiger partial charge in [0.2, 0.25) is 17.7 Å². The van der Waals surface area contributed by atoms with Gasteiger partial charge in [-0.15, -0.1) is 0 Å². The topological polar surface area (TPSA) is 64.2 Å². The molecule has 3 amide bonds. The van der Waals surface area contributed by atoms with Gasteiger partial charge in [-0.3, -0.25) is 14.4 Å². The number of carbonyl (C=O) groups excluding carboxylic acids is 3. The van der Waals surface area contributed by atoms with E-state index in [-0.39, 0.29) is 29.7 Å². The first-order chi connectivity index (χ1) is 14.0. The molecule has 29 heavy (non-hydrogen) atoms. The van der Waals surface area contributed by atoms with Crippen molar-refractivity contribution in [3.63, 3.8) is 0 Å². The number of piperidine rings is 3. The molecule has 0 aromatic carbocycles. The van der Waals surface area contributed by atoms with Gasteiger partial charge in [0.05, 0.1) is 0 Å². The van der Waals surface area contributed by atoms with E-state index >= 15 is 0 Å². The van der Waals surface area contributed by atoms with E-state index < -0.39 is 0 Å². The van der Waals surface area contributed by atoms with E-state index in [9.17, 15) is 14.4 Å². The molecule has 0 spiro atoms. The molecular weight excluding hydrogens is 368 g/mol. The van der Waals surface area contributed by atoms with Gasteiger partial charge >= 0.3 is 0 Å². The van der Waals surface area contributed by atoms with Crippen LogP contribution in [0.3, 0.4) is 0 Å². The number of hydrogen-bond donors (Lipinski definition) is 0. The molecule has 0 aromatic rings. The summed E-state index contributed by atoms with van der Waals surface area (Å²) in [4.78, 5) is 45.3. The first-order valence-electron chi connectivity index (χ1n) is 11.5. The molecule has 0 N–H and O–H groups in total. The lowest BCUT2D eigenvalue weighted by Crippen LogP contribution is -2.54. The Morgan fingerprint density at radius 1 is 0.828 bits per heavy atom. The number of amides is 3. The third kappa shape index (κ3) is 5.93. The first kappa shape index (κ1) is 22.1. The molecule has 0 aromatic heterocycles. The van der Waals surface area contributed by atoms with Crippen LogP contribution in [0, 0.1) is 5.92 Å². The lowest BCUT2D eigenvalue weighted by Gasteiger charge is -2.42. The summed E-state index contributed by atoms with van der Waals surface area (Å²) >= 11 is 0. The second-order valence-electron chi connectivity index (χ2n) is 8.98. The summed E-state index contributed by atoms with van der Waals surface area (Å²) in [6.45, 7) is 10.0.